The minimum atomic E-state index is -3.32. The summed E-state index contributed by atoms with van der Waals surface area (Å²) in [7, 11) is -3.32. The summed E-state index contributed by atoms with van der Waals surface area (Å²) in [6.45, 7) is 7.23. The third-order valence-corrected chi connectivity index (χ3v) is 8.87. The molecule has 0 saturated carbocycles. The molecule has 0 amide bonds. The number of aromatic nitrogens is 1. The third-order valence-electron chi connectivity index (χ3n) is 6.27. The van der Waals surface area contributed by atoms with Crippen molar-refractivity contribution in [3.05, 3.63) is 69.8 Å². The van der Waals surface area contributed by atoms with E-state index in [0.29, 0.717) is 28.2 Å². The van der Waals surface area contributed by atoms with Crippen molar-refractivity contribution < 1.29 is 27.5 Å². The first kappa shape index (κ1) is 26.4. The number of carbonyl (C=O) groups is 2. The Balaban J connectivity index is 1.88. The molecular weight excluding hydrogens is 546 g/mol. The van der Waals surface area contributed by atoms with Crippen LogP contribution in [-0.4, -0.2) is 43.0 Å². The van der Waals surface area contributed by atoms with Gasteiger partial charge in [0.25, 0.3) is 0 Å². The minimum absolute atomic E-state index is 0.0368. The van der Waals surface area contributed by atoms with E-state index in [1.165, 1.54) is 4.57 Å². The van der Waals surface area contributed by atoms with Crippen molar-refractivity contribution in [1.82, 2.24) is 4.57 Å². The average Bonchev–Trinajstić information content (AvgIpc) is 3.17. The molecule has 7 nitrogen and oxygen atoms in total. The first-order valence-electron chi connectivity index (χ1n) is 11.9. The molecule has 0 spiro atoms. The highest BCUT2D eigenvalue weighted by Crippen LogP contribution is 2.44. The predicted octanol–water partition coefficient (Wildman–Crippen LogP) is 6.40. The van der Waals surface area contributed by atoms with E-state index >= 15 is 0 Å². The van der Waals surface area contributed by atoms with Gasteiger partial charge in [-0.1, -0.05) is 46.3 Å². The van der Waals surface area contributed by atoms with Crippen LogP contribution in [0.1, 0.15) is 73.2 Å². The predicted molar refractivity (Wildman–Crippen MR) is 142 cm³/mol. The number of fused-ring (bicyclic) bond motifs is 1. The summed E-state index contributed by atoms with van der Waals surface area (Å²) in [4.78, 5) is 26.1. The highest BCUT2D eigenvalue weighted by molar-refractivity contribution is 9.10. The maximum Gasteiger partial charge on any atom is 0.419 e. The van der Waals surface area contributed by atoms with Crippen LogP contribution in [0.2, 0.25) is 0 Å². The molecule has 9 heteroatoms. The smallest absolute Gasteiger partial charge is 0.419 e. The van der Waals surface area contributed by atoms with Gasteiger partial charge < -0.3 is 9.47 Å². The second-order valence-corrected chi connectivity index (χ2v) is 13.2. The van der Waals surface area contributed by atoms with E-state index in [1.54, 1.807) is 40.0 Å². The SMILES string of the molecule is CCOC(=O)c1cc(Br)cc2c(C3CCS(=O)(=O)C(c4ccccc4)C3)cn(C(=O)OC(C)(C)C)c12. The van der Waals surface area contributed by atoms with Gasteiger partial charge in [-0.05, 0) is 69.7 Å². The number of hydrogen-bond acceptors (Lipinski definition) is 6. The molecule has 2 aromatic carbocycles. The molecule has 0 aliphatic carbocycles. The lowest BCUT2D eigenvalue weighted by Crippen LogP contribution is -2.27. The molecule has 2 heterocycles. The average molecular weight is 577 g/mol. The lowest BCUT2D eigenvalue weighted by Gasteiger charge is -2.29. The molecule has 3 aromatic rings. The molecule has 2 unspecified atom stereocenters. The molecule has 192 valence electrons. The summed E-state index contributed by atoms with van der Waals surface area (Å²) in [5.41, 5.74) is 1.45. The monoisotopic (exact) mass is 575 g/mol. The number of nitrogens with zero attached hydrogens (tertiary/aromatic N) is 1. The van der Waals surface area contributed by atoms with Crippen molar-refractivity contribution in [1.29, 1.82) is 0 Å². The lowest BCUT2D eigenvalue weighted by atomic mass is 9.89. The largest absolute Gasteiger partial charge is 0.462 e. The normalized spacial score (nSPS) is 19.7. The van der Waals surface area contributed by atoms with Crippen molar-refractivity contribution >= 4 is 48.7 Å². The van der Waals surface area contributed by atoms with Crippen molar-refractivity contribution in [3.8, 4) is 0 Å². The topological polar surface area (TPSA) is 91.7 Å². The Kier molecular flexibility index (Phi) is 7.35. The summed E-state index contributed by atoms with van der Waals surface area (Å²) in [5.74, 6) is -0.657. The lowest BCUT2D eigenvalue weighted by molar-refractivity contribution is 0.0527. The van der Waals surface area contributed by atoms with Gasteiger partial charge in [0.15, 0.2) is 9.84 Å². The quantitative estimate of drug-likeness (QED) is 0.334. The molecule has 1 saturated heterocycles. The van der Waals surface area contributed by atoms with Crippen LogP contribution in [-0.2, 0) is 19.3 Å². The van der Waals surface area contributed by atoms with Gasteiger partial charge in [0.2, 0.25) is 0 Å². The van der Waals surface area contributed by atoms with Crippen LogP contribution in [0.5, 0.6) is 0 Å². The Hall–Kier alpha value is -2.65. The standard InChI is InChI=1S/C27H30BrNO6S/c1-5-34-25(30)21-15-19(28)14-20-22(16-29(24(20)21)26(31)35-27(2,3)4)18-11-12-36(32,33)23(13-18)17-9-7-6-8-10-17/h6-10,14-16,18,23H,5,11-13H2,1-4H3. The second-order valence-electron chi connectivity index (χ2n) is 9.99. The van der Waals surface area contributed by atoms with E-state index in [4.69, 9.17) is 9.47 Å². The Morgan fingerprint density at radius 2 is 1.83 bits per heavy atom. The fourth-order valence-electron chi connectivity index (χ4n) is 4.76. The van der Waals surface area contributed by atoms with Crippen LogP contribution in [0.3, 0.4) is 0 Å². The summed E-state index contributed by atoms with van der Waals surface area (Å²) in [5, 5.41) is 0.0449. The van der Waals surface area contributed by atoms with Crippen LogP contribution in [0.4, 0.5) is 4.79 Å². The number of halogens is 1. The molecule has 1 aliphatic heterocycles. The number of benzene rings is 2. The zero-order chi connectivity index (χ0) is 26.3. The number of hydrogen-bond donors (Lipinski definition) is 0. The maximum absolute atomic E-state index is 13.3. The van der Waals surface area contributed by atoms with Crippen LogP contribution in [0.25, 0.3) is 10.9 Å². The fourth-order valence-corrected chi connectivity index (χ4v) is 7.21. The van der Waals surface area contributed by atoms with Gasteiger partial charge in [0.05, 0.1) is 28.7 Å². The van der Waals surface area contributed by atoms with E-state index < -0.39 is 32.8 Å². The number of rotatable bonds is 4. The van der Waals surface area contributed by atoms with Gasteiger partial charge >= 0.3 is 12.1 Å². The summed E-state index contributed by atoms with van der Waals surface area (Å²) >= 11 is 3.49. The zero-order valence-corrected chi connectivity index (χ0v) is 23.2. The molecule has 4 rings (SSSR count). The Morgan fingerprint density at radius 3 is 2.47 bits per heavy atom. The van der Waals surface area contributed by atoms with E-state index in [-0.39, 0.29) is 23.8 Å². The summed E-state index contributed by atoms with van der Waals surface area (Å²) in [6.07, 6.45) is 1.87. The first-order valence-corrected chi connectivity index (χ1v) is 14.4. The molecule has 1 fully saturated rings. The molecule has 0 bridgehead atoms. The molecule has 2 atom stereocenters. The number of carbonyl (C=O) groups excluding carboxylic acids is 2. The highest BCUT2D eigenvalue weighted by Gasteiger charge is 2.37. The Labute approximate surface area is 219 Å². The van der Waals surface area contributed by atoms with Gasteiger partial charge in [-0.15, -0.1) is 0 Å². The van der Waals surface area contributed by atoms with Crippen LogP contribution in [0.15, 0.2) is 53.1 Å². The van der Waals surface area contributed by atoms with Crippen LogP contribution >= 0.6 is 15.9 Å². The van der Waals surface area contributed by atoms with E-state index in [2.05, 4.69) is 15.9 Å². The summed E-state index contributed by atoms with van der Waals surface area (Å²) < 4.78 is 39.0. The molecule has 1 aromatic heterocycles. The van der Waals surface area contributed by atoms with Crippen molar-refractivity contribution in [2.75, 3.05) is 12.4 Å². The number of ether oxygens (including phenoxy) is 2. The molecule has 36 heavy (non-hydrogen) atoms. The van der Waals surface area contributed by atoms with Gasteiger partial charge in [0.1, 0.15) is 5.60 Å². The van der Waals surface area contributed by atoms with Crippen molar-refractivity contribution in [2.24, 2.45) is 0 Å². The van der Waals surface area contributed by atoms with Crippen LogP contribution in [0, 0.1) is 0 Å². The van der Waals surface area contributed by atoms with E-state index in [9.17, 15) is 18.0 Å². The van der Waals surface area contributed by atoms with Gasteiger partial charge in [-0.25, -0.2) is 18.0 Å². The third kappa shape index (κ3) is 5.37. The Morgan fingerprint density at radius 1 is 1.14 bits per heavy atom. The maximum atomic E-state index is 13.3. The van der Waals surface area contributed by atoms with Crippen LogP contribution < -0.4 is 0 Å². The number of sulfone groups is 1. The molecule has 1 aliphatic rings. The molecular formula is C27H30BrNO6S. The zero-order valence-electron chi connectivity index (χ0n) is 20.8. The Bertz CT molecular complexity index is 1410. The summed E-state index contributed by atoms with van der Waals surface area (Å²) in [6, 6.07) is 12.7. The van der Waals surface area contributed by atoms with Crippen molar-refractivity contribution in [2.45, 2.75) is 57.3 Å². The first-order chi connectivity index (χ1) is 16.9. The van der Waals surface area contributed by atoms with Gasteiger partial charge in [0, 0.05) is 16.1 Å². The number of esters is 1. The van der Waals surface area contributed by atoms with E-state index in [1.807, 2.05) is 36.4 Å². The van der Waals surface area contributed by atoms with Gasteiger partial charge in [-0.2, -0.15) is 0 Å². The highest BCUT2D eigenvalue weighted by atomic mass is 79.9. The molecule has 0 N–H and O–H groups in total. The van der Waals surface area contributed by atoms with Gasteiger partial charge in [-0.3, -0.25) is 4.57 Å². The molecule has 0 radical (unpaired) electrons. The van der Waals surface area contributed by atoms with Crippen molar-refractivity contribution in [3.63, 3.8) is 0 Å². The second kappa shape index (κ2) is 10.0. The minimum Gasteiger partial charge on any atom is -0.462 e. The fraction of sp³-hybridized carbons (Fsp3) is 0.407. The van der Waals surface area contributed by atoms with E-state index in [0.717, 1.165) is 11.1 Å².